The van der Waals surface area contributed by atoms with E-state index in [9.17, 15) is 4.79 Å². The molecule has 3 aromatic heterocycles. The van der Waals surface area contributed by atoms with Crippen molar-refractivity contribution in [3.63, 3.8) is 0 Å². The Hall–Kier alpha value is -2.68. The van der Waals surface area contributed by atoms with Gasteiger partial charge >= 0.3 is 0 Å². The number of aromatic amines is 1. The van der Waals surface area contributed by atoms with Gasteiger partial charge in [-0.3, -0.25) is 9.89 Å². The van der Waals surface area contributed by atoms with E-state index in [1.165, 1.54) is 11.8 Å². The Labute approximate surface area is 155 Å². The van der Waals surface area contributed by atoms with E-state index in [4.69, 9.17) is 0 Å². The first-order valence-electron chi connectivity index (χ1n) is 8.37. The number of amides is 1. The number of rotatable bonds is 7. The van der Waals surface area contributed by atoms with Gasteiger partial charge in [0, 0.05) is 23.9 Å². The summed E-state index contributed by atoms with van der Waals surface area (Å²) in [6, 6.07) is 5.52. The second-order valence-electron chi connectivity index (χ2n) is 5.78. The van der Waals surface area contributed by atoms with E-state index >= 15 is 0 Å². The van der Waals surface area contributed by atoms with Crippen LogP contribution in [-0.2, 0) is 11.2 Å². The maximum Gasteiger partial charge on any atom is 0.230 e. The lowest BCUT2D eigenvalue weighted by Crippen LogP contribution is -2.28. The van der Waals surface area contributed by atoms with Gasteiger partial charge in [-0.25, -0.2) is 14.6 Å². The molecule has 8 nitrogen and oxygen atoms in total. The summed E-state index contributed by atoms with van der Waals surface area (Å²) in [7, 11) is 0. The Balaban J connectivity index is 1.60. The molecule has 0 radical (unpaired) electrons. The number of thioether (sulfide) groups is 1. The molecule has 0 bridgehead atoms. The van der Waals surface area contributed by atoms with Crippen LogP contribution in [0.25, 0.3) is 5.82 Å². The Bertz CT molecular complexity index is 874. The fraction of sp³-hybridized carbons (Fsp3) is 0.353. The number of aryl methyl sites for hydroxylation is 1. The van der Waals surface area contributed by atoms with E-state index in [0.29, 0.717) is 5.16 Å². The number of carbonyl (C=O) groups excluding carboxylic acids is 1. The van der Waals surface area contributed by atoms with Gasteiger partial charge in [0.25, 0.3) is 0 Å². The summed E-state index contributed by atoms with van der Waals surface area (Å²) in [4.78, 5) is 20.8. The van der Waals surface area contributed by atoms with Crippen molar-refractivity contribution in [3.8, 4) is 5.82 Å². The highest BCUT2D eigenvalue weighted by Crippen LogP contribution is 2.20. The van der Waals surface area contributed by atoms with Crippen molar-refractivity contribution < 1.29 is 4.79 Å². The second-order valence-corrected chi connectivity index (χ2v) is 6.72. The van der Waals surface area contributed by atoms with Crippen LogP contribution in [0, 0.1) is 6.92 Å². The number of H-pyrrole nitrogens is 1. The van der Waals surface area contributed by atoms with Crippen LogP contribution in [0.2, 0.25) is 0 Å². The number of nitrogens with one attached hydrogen (secondary N) is 2. The molecule has 0 saturated carbocycles. The largest absolute Gasteiger partial charge is 0.349 e. The van der Waals surface area contributed by atoms with Crippen LogP contribution in [0.3, 0.4) is 0 Å². The number of hydrogen-bond acceptors (Lipinski definition) is 6. The predicted molar refractivity (Wildman–Crippen MR) is 99.1 cm³/mol. The third-order valence-corrected chi connectivity index (χ3v) is 4.78. The highest BCUT2D eigenvalue weighted by molar-refractivity contribution is 7.99. The summed E-state index contributed by atoms with van der Waals surface area (Å²) in [6.45, 7) is 5.91. The molecule has 2 N–H and O–H groups in total. The minimum absolute atomic E-state index is 0.0738. The summed E-state index contributed by atoms with van der Waals surface area (Å²) in [5.41, 5.74) is 1.91. The monoisotopic (exact) mass is 371 g/mol. The summed E-state index contributed by atoms with van der Waals surface area (Å²) in [5.74, 6) is 1.76. The van der Waals surface area contributed by atoms with E-state index in [-0.39, 0.29) is 17.7 Å². The van der Waals surface area contributed by atoms with Gasteiger partial charge in [0.1, 0.15) is 5.82 Å². The van der Waals surface area contributed by atoms with Gasteiger partial charge in [-0.1, -0.05) is 24.8 Å². The molecule has 0 saturated heterocycles. The zero-order chi connectivity index (χ0) is 18.5. The van der Waals surface area contributed by atoms with Crippen LogP contribution in [0.5, 0.6) is 0 Å². The van der Waals surface area contributed by atoms with Crippen molar-refractivity contribution in [2.45, 2.75) is 38.4 Å². The lowest BCUT2D eigenvalue weighted by Gasteiger charge is -2.13. The molecule has 9 heteroatoms. The van der Waals surface area contributed by atoms with Crippen molar-refractivity contribution in [2.24, 2.45) is 0 Å². The van der Waals surface area contributed by atoms with Gasteiger partial charge in [-0.2, -0.15) is 5.10 Å². The molecular formula is C17H21N7OS. The minimum atomic E-state index is -0.154. The predicted octanol–water partition coefficient (Wildman–Crippen LogP) is 2.23. The molecule has 3 heterocycles. The molecule has 0 aliphatic rings. The van der Waals surface area contributed by atoms with Gasteiger partial charge in [-0.05, 0) is 26.0 Å². The molecule has 0 aliphatic heterocycles. The fourth-order valence-electron chi connectivity index (χ4n) is 2.55. The average Bonchev–Trinajstić information content (AvgIpc) is 3.27. The average molecular weight is 371 g/mol. The van der Waals surface area contributed by atoms with E-state index in [0.717, 1.165) is 29.3 Å². The van der Waals surface area contributed by atoms with E-state index in [1.807, 2.05) is 39.0 Å². The summed E-state index contributed by atoms with van der Waals surface area (Å²) < 4.78 is 1.77. The van der Waals surface area contributed by atoms with E-state index in [1.54, 1.807) is 17.1 Å². The second kappa shape index (κ2) is 8.13. The first-order chi connectivity index (χ1) is 12.6. The van der Waals surface area contributed by atoms with Crippen LogP contribution in [0.4, 0.5) is 0 Å². The number of aromatic nitrogens is 6. The molecule has 1 amide bonds. The molecule has 0 spiro atoms. The number of hydrogen-bond donors (Lipinski definition) is 2. The van der Waals surface area contributed by atoms with Crippen molar-refractivity contribution >= 4 is 17.7 Å². The summed E-state index contributed by atoms with van der Waals surface area (Å²) in [5, 5.41) is 14.9. The SMILES string of the molecule is CCc1nc(SCC(=O)N[C@H](C)c2cnn(-c3ccccn3)c2C)n[nH]1. The number of carbonyl (C=O) groups is 1. The third kappa shape index (κ3) is 4.10. The zero-order valence-electron chi connectivity index (χ0n) is 14.9. The Kier molecular flexibility index (Phi) is 5.67. The Morgan fingerprint density at radius 1 is 1.42 bits per heavy atom. The van der Waals surface area contributed by atoms with Gasteiger partial charge in [0.05, 0.1) is 18.0 Å². The molecule has 26 heavy (non-hydrogen) atoms. The molecule has 3 rings (SSSR count). The normalized spacial score (nSPS) is 12.1. The first-order valence-corrected chi connectivity index (χ1v) is 9.36. The minimum Gasteiger partial charge on any atom is -0.349 e. The zero-order valence-corrected chi connectivity index (χ0v) is 15.7. The van der Waals surface area contributed by atoms with Gasteiger partial charge in [0.2, 0.25) is 11.1 Å². The lowest BCUT2D eigenvalue weighted by atomic mass is 10.1. The van der Waals surface area contributed by atoms with Crippen LogP contribution in [0.1, 0.15) is 37.0 Å². The van der Waals surface area contributed by atoms with Gasteiger partial charge in [-0.15, -0.1) is 5.10 Å². The maximum absolute atomic E-state index is 12.2. The standard InChI is InChI=1S/C17H21N7OS/c1-4-14-21-17(23-22-14)26-10-16(25)20-11(2)13-9-19-24(12(13)3)15-7-5-6-8-18-15/h5-9,11H,4,10H2,1-3H3,(H,20,25)(H,21,22,23)/t11-/m1/s1. The van der Waals surface area contributed by atoms with Crippen molar-refractivity contribution in [2.75, 3.05) is 5.75 Å². The van der Waals surface area contributed by atoms with Gasteiger partial charge in [0.15, 0.2) is 5.82 Å². The quantitative estimate of drug-likeness (QED) is 0.618. The number of pyridine rings is 1. The molecular weight excluding hydrogens is 350 g/mol. The van der Waals surface area contributed by atoms with Gasteiger partial charge < -0.3 is 5.32 Å². The third-order valence-electron chi connectivity index (χ3n) is 3.94. The summed E-state index contributed by atoms with van der Waals surface area (Å²) in [6.07, 6.45) is 4.28. The van der Waals surface area contributed by atoms with Crippen molar-refractivity contribution in [1.82, 2.24) is 35.3 Å². The van der Waals surface area contributed by atoms with Crippen LogP contribution in [0.15, 0.2) is 35.7 Å². The maximum atomic E-state index is 12.2. The summed E-state index contributed by atoms with van der Waals surface area (Å²) >= 11 is 1.31. The smallest absolute Gasteiger partial charge is 0.230 e. The molecule has 0 fully saturated rings. The lowest BCUT2D eigenvalue weighted by molar-refractivity contribution is -0.119. The topological polar surface area (TPSA) is 101 Å². The highest BCUT2D eigenvalue weighted by Gasteiger charge is 2.17. The van der Waals surface area contributed by atoms with Crippen LogP contribution in [-0.4, -0.2) is 41.6 Å². The van der Waals surface area contributed by atoms with Crippen LogP contribution >= 0.6 is 11.8 Å². The number of nitrogens with zero attached hydrogens (tertiary/aromatic N) is 5. The highest BCUT2D eigenvalue weighted by atomic mass is 32.2. The van der Waals surface area contributed by atoms with E-state index in [2.05, 4.69) is 30.6 Å². The van der Waals surface area contributed by atoms with Crippen molar-refractivity contribution in [1.29, 1.82) is 0 Å². The molecule has 1 atom stereocenters. The van der Waals surface area contributed by atoms with Crippen LogP contribution < -0.4 is 5.32 Å². The first kappa shape index (κ1) is 18.1. The molecule has 0 unspecified atom stereocenters. The molecule has 136 valence electrons. The van der Waals surface area contributed by atoms with E-state index < -0.39 is 0 Å². The Morgan fingerprint density at radius 3 is 2.96 bits per heavy atom. The van der Waals surface area contributed by atoms with Crippen molar-refractivity contribution in [3.05, 3.63) is 47.7 Å². The molecule has 0 aromatic carbocycles. The fourth-order valence-corrected chi connectivity index (χ4v) is 3.18. The molecule has 0 aliphatic carbocycles. The Morgan fingerprint density at radius 2 is 2.27 bits per heavy atom. The molecule has 3 aromatic rings.